The van der Waals surface area contributed by atoms with E-state index in [2.05, 4.69) is 40.4 Å². The van der Waals surface area contributed by atoms with Gasteiger partial charge in [-0.2, -0.15) is 0 Å². The highest BCUT2D eigenvalue weighted by Gasteiger charge is 2.15. The van der Waals surface area contributed by atoms with Crippen LogP contribution in [0.3, 0.4) is 0 Å². The lowest BCUT2D eigenvalue weighted by Crippen LogP contribution is -2.25. The monoisotopic (exact) mass is 381 g/mol. The van der Waals surface area contributed by atoms with Gasteiger partial charge in [-0.1, -0.05) is 42.1 Å². The molecule has 0 unspecified atom stereocenters. The summed E-state index contributed by atoms with van der Waals surface area (Å²) in [5.41, 5.74) is 4.17. The van der Waals surface area contributed by atoms with Gasteiger partial charge in [-0.15, -0.1) is 10.2 Å². The number of aryl methyl sites for hydroxylation is 2. The van der Waals surface area contributed by atoms with Crippen molar-refractivity contribution in [2.45, 2.75) is 39.0 Å². The lowest BCUT2D eigenvalue weighted by atomic mass is 10.1. The summed E-state index contributed by atoms with van der Waals surface area (Å²) in [5.74, 6) is 1.08. The van der Waals surface area contributed by atoms with E-state index in [1.807, 2.05) is 41.8 Å². The van der Waals surface area contributed by atoms with E-state index >= 15 is 0 Å². The Balaban J connectivity index is 1.64. The zero-order valence-electron chi connectivity index (χ0n) is 15.8. The van der Waals surface area contributed by atoms with Crippen LogP contribution < -0.4 is 5.32 Å². The highest BCUT2D eigenvalue weighted by atomic mass is 32.2. The van der Waals surface area contributed by atoms with Gasteiger partial charge in [0, 0.05) is 18.3 Å². The van der Waals surface area contributed by atoms with Crippen LogP contribution in [0.4, 0.5) is 0 Å². The van der Waals surface area contributed by atoms with Gasteiger partial charge in [0.2, 0.25) is 5.91 Å². The first-order valence-corrected chi connectivity index (χ1v) is 9.88. The predicted octanol–water partition coefficient (Wildman–Crippen LogP) is 3.39. The molecule has 0 spiro atoms. The maximum Gasteiger partial charge on any atom is 0.230 e. The molecule has 0 atom stereocenters. The van der Waals surface area contributed by atoms with Crippen LogP contribution in [0.25, 0.3) is 11.4 Å². The Morgan fingerprint density at radius 3 is 2.63 bits per heavy atom. The lowest BCUT2D eigenvalue weighted by Gasteiger charge is -2.09. The number of carbonyl (C=O) groups excluding carboxylic acids is 1. The average Bonchev–Trinajstić information content (AvgIpc) is 3.08. The van der Waals surface area contributed by atoms with E-state index in [0.717, 1.165) is 39.9 Å². The van der Waals surface area contributed by atoms with Gasteiger partial charge < -0.3 is 9.88 Å². The Morgan fingerprint density at radius 2 is 1.89 bits per heavy atom. The van der Waals surface area contributed by atoms with Gasteiger partial charge in [-0.3, -0.25) is 9.78 Å². The third-order valence-corrected chi connectivity index (χ3v) is 5.29. The molecular weight excluding hydrogens is 358 g/mol. The molecule has 7 heteroatoms. The molecule has 27 heavy (non-hydrogen) atoms. The number of nitrogens with zero attached hydrogens (tertiary/aromatic N) is 4. The van der Waals surface area contributed by atoms with Crippen molar-refractivity contribution in [3.05, 3.63) is 59.4 Å². The van der Waals surface area contributed by atoms with Crippen LogP contribution in [0.5, 0.6) is 0 Å². The van der Waals surface area contributed by atoms with Crippen molar-refractivity contribution in [1.82, 2.24) is 25.1 Å². The fraction of sp³-hybridized carbons (Fsp3) is 0.300. The number of aromatic nitrogens is 4. The fourth-order valence-corrected chi connectivity index (χ4v) is 3.60. The molecule has 0 fully saturated rings. The van der Waals surface area contributed by atoms with E-state index in [9.17, 15) is 4.79 Å². The van der Waals surface area contributed by atoms with Gasteiger partial charge in [0.25, 0.3) is 0 Å². The minimum atomic E-state index is -0.0480. The van der Waals surface area contributed by atoms with E-state index < -0.39 is 0 Å². The molecule has 1 amide bonds. The summed E-state index contributed by atoms with van der Waals surface area (Å²) in [6.07, 6.45) is 1.74. The standard InChI is InChI=1S/C20H23N5OS/c1-4-25-19(16-10-6-5-8-14(16)2)23-24-20(25)27-13-18(26)22-12-17-15(3)9-7-11-21-17/h5-11H,4,12-13H2,1-3H3,(H,22,26). The highest BCUT2D eigenvalue weighted by Crippen LogP contribution is 2.26. The molecule has 3 rings (SSSR count). The van der Waals surface area contributed by atoms with Crippen molar-refractivity contribution in [3.63, 3.8) is 0 Å². The molecule has 0 aliphatic rings. The second kappa shape index (κ2) is 8.81. The lowest BCUT2D eigenvalue weighted by molar-refractivity contribution is -0.118. The van der Waals surface area contributed by atoms with E-state index in [0.29, 0.717) is 6.54 Å². The van der Waals surface area contributed by atoms with Gasteiger partial charge in [0.15, 0.2) is 11.0 Å². The van der Waals surface area contributed by atoms with Crippen molar-refractivity contribution in [2.75, 3.05) is 5.75 Å². The number of hydrogen-bond acceptors (Lipinski definition) is 5. The summed E-state index contributed by atoms with van der Waals surface area (Å²) < 4.78 is 2.04. The first-order chi connectivity index (χ1) is 13.1. The minimum Gasteiger partial charge on any atom is -0.350 e. The second-order valence-corrected chi connectivity index (χ2v) is 7.14. The Morgan fingerprint density at radius 1 is 1.11 bits per heavy atom. The topological polar surface area (TPSA) is 72.7 Å². The molecule has 0 aliphatic carbocycles. The third-order valence-electron chi connectivity index (χ3n) is 4.32. The summed E-state index contributed by atoms with van der Waals surface area (Å²) in [7, 11) is 0. The minimum absolute atomic E-state index is 0.0480. The largest absolute Gasteiger partial charge is 0.350 e. The maximum atomic E-state index is 12.2. The van der Waals surface area contributed by atoms with Crippen molar-refractivity contribution >= 4 is 17.7 Å². The molecule has 2 aromatic heterocycles. The molecule has 0 bridgehead atoms. The molecule has 0 radical (unpaired) electrons. The summed E-state index contributed by atoms with van der Waals surface area (Å²) in [5, 5.41) is 12.3. The van der Waals surface area contributed by atoms with Gasteiger partial charge in [-0.25, -0.2) is 0 Å². The molecule has 1 aromatic carbocycles. The molecule has 0 saturated carbocycles. The first kappa shape index (κ1) is 19.1. The SMILES string of the molecule is CCn1c(SCC(=O)NCc2ncccc2C)nnc1-c1ccccc1C. The average molecular weight is 382 g/mol. The number of hydrogen-bond donors (Lipinski definition) is 1. The molecular formula is C20H23N5OS. The van der Waals surface area contributed by atoms with Crippen LogP contribution in [0.1, 0.15) is 23.7 Å². The summed E-state index contributed by atoms with van der Waals surface area (Å²) in [4.78, 5) is 16.5. The van der Waals surface area contributed by atoms with Gasteiger partial charge in [0.05, 0.1) is 18.0 Å². The van der Waals surface area contributed by atoms with Gasteiger partial charge >= 0.3 is 0 Å². The Kier molecular flexibility index (Phi) is 6.24. The Hall–Kier alpha value is -2.67. The maximum absolute atomic E-state index is 12.2. The number of carbonyl (C=O) groups is 1. The first-order valence-electron chi connectivity index (χ1n) is 8.89. The number of pyridine rings is 1. The zero-order chi connectivity index (χ0) is 19.2. The number of rotatable bonds is 7. The predicted molar refractivity (Wildman–Crippen MR) is 107 cm³/mol. The normalized spacial score (nSPS) is 10.8. The number of amides is 1. The quantitative estimate of drug-likeness (QED) is 0.635. The molecule has 0 aliphatic heterocycles. The summed E-state index contributed by atoms with van der Waals surface area (Å²) >= 11 is 1.40. The van der Waals surface area contributed by atoms with Crippen molar-refractivity contribution in [3.8, 4) is 11.4 Å². The molecule has 6 nitrogen and oxygen atoms in total. The van der Waals surface area contributed by atoms with Crippen LogP contribution in [0.2, 0.25) is 0 Å². The molecule has 3 aromatic rings. The molecule has 1 N–H and O–H groups in total. The van der Waals surface area contributed by atoms with Crippen LogP contribution >= 0.6 is 11.8 Å². The number of thioether (sulfide) groups is 1. The fourth-order valence-electron chi connectivity index (χ4n) is 2.77. The van der Waals surface area contributed by atoms with Crippen LogP contribution in [0, 0.1) is 13.8 Å². The van der Waals surface area contributed by atoms with E-state index in [1.54, 1.807) is 6.20 Å². The molecule has 140 valence electrons. The van der Waals surface area contributed by atoms with Gasteiger partial charge in [0.1, 0.15) is 0 Å². The molecule has 2 heterocycles. The second-order valence-electron chi connectivity index (χ2n) is 6.20. The number of benzene rings is 1. The zero-order valence-corrected chi connectivity index (χ0v) is 16.6. The third kappa shape index (κ3) is 4.54. The van der Waals surface area contributed by atoms with E-state index in [-0.39, 0.29) is 11.7 Å². The van der Waals surface area contributed by atoms with Crippen LogP contribution in [0.15, 0.2) is 47.8 Å². The van der Waals surface area contributed by atoms with Crippen LogP contribution in [-0.4, -0.2) is 31.4 Å². The van der Waals surface area contributed by atoms with E-state index in [1.165, 1.54) is 11.8 Å². The summed E-state index contributed by atoms with van der Waals surface area (Å²) in [6, 6.07) is 12.0. The van der Waals surface area contributed by atoms with Gasteiger partial charge in [-0.05, 0) is 38.0 Å². The smallest absolute Gasteiger partial charge is 0.230 e. The Labute approximate surface area is 163 Å². The van der Waals surface area contributed by atoms with Crippen LogP contribution in [-0.2, 0) is 17.9 Å². The number of nitrogens with one attached hydrogen (secondary N) is 1. The van der Waals surface area contributed by atoms with Crippen molar-refractivity contribution in [2.24, 2.45) is 0 Å². The highest BCUT2D eigenvalue weighted by molar-refractivity contribution is 7.99. The summed E-state index contributed by atoms with van der Waals surface area (Å²) in [6.45, 7) is 7.28. The Bertz CT molecular complexity index is 938. The molecule has 0 saturated heterocycles. The van der Waals surface area contributed by atoms with Crippen molar-refractivity contribution < 1.29 is 4.79 Å². The van der Waals surface area contributed by atoms with E-state index in [4.69, 9.17) is 0 Å². The van der Waals surface area contributed by atoms with Crippen molar-refractivity contribution in [1.29, 1.82) is 0 Å².